The normalized spacial score (nSPS) is 14.6. The van der Waals surface area contributed by atoms with Gasteiger partial charge in [-0.2, -0.15) is 0 Å². The summed E-state index contributed by atoms with van der Waals surface area (Å²) in [7, 11) is 1.60. The number of nitrogens with one attached hydrogen (secondary N) is 1. The Morgan fingerprint density at radius 2 is 2.11 bits per heavy atom. The number of anilines is 1. The molecule has 2 amide bonds. The predicted molar refractivity (Wildman–Crippen MR) is 73.4 cm³/mol. The molecule has 1 fully saturated rings. The van der Waals surface area contributed by atoms with E-state index in [9.17, 15) is 4.79 Å². The quantitative estimate of drug-likeness (QED) is 0.856. The number of methoxy groups -OCH3 is 1. The van der Waals surface area contributed by atoms with Crippen molar-refractivity contribution in [2.45, 2.75) is 25.3 Å². The Morgan fingerprint density at radius 3 is 2.58 bits per heavy atom. The highest BCUT2D eigenvalue weighted by Gasteiger charge is 2.28. The Bertz CT molecular complexity index is 415. The molecule has 5 nitrogen and oxygen atoms in total. The monoisotopic (exact) mass is 264 g/mol. The van der Waals surface area contributed by atoms with Gasteiger partial charge in [-0.05, 0) is 43.5 Å². The number of amides is 2. The van der Waals surface area contributed by atoms with Crippen LogP contribution in [0, 0.1) is 0 Å². The fourth-order valence-electron chi connectivity index (χ4n) is 2.13. The number of carbonyl (C=O) groups excluding carboxylic acids is 1. The van der Waals surface area contributed by atoms with Crippen molar-refractivity contribution in [2.75, 3.05) is 25.6 Å². The predicted octanol–water partition coefficient (Wildman–Crippen LogP) is 2.07. The van der Waals surface area contributed by atoms with E-state index in [4.69, 9.17) is 9.84 Å². The molecule has 1 aromatic carbocycles. The van der Waals surface area contributed by atoms with Crippen LogP contribution in [-0.2, 0) is 0 Å². The molecule has 1 aliphatic carbocycles. The number of hydrogen-bond donors (Lipinski definition) is 2. The third-order valence-electron chi connectivity index (χ3n) is 3.46. The van der Waals surface area contributed by atoms with Gasteiger partial charge >= 0.3 is 6.03 Å². The summed E-state index contributed by atoms with van der Waals surface area (Å²) in [6.07, 6.45) is 3.20. The van der Waals surface area contributed by atoms with Crippen LogP contribution in [0.4, 0.5) is 10.5 Å². The van der Waals surface area contributed by atoms with E-state index in [2.05, 4.69) is 5.32 Å². The van der Waals surface area contributed by atoms with Gasteiger partial charge in [0.1, 0.15) is 5.75 Å². The third kappa shape index (κ3) is 3.38. The fourth-order valence-corrected chi connectivity index (χ4v) is 2.13. The maximum Gasteiger partial charge on any atom is 0.322 e. The molecule has 19 heavy (non-hydrogen) atoms. The van der Waals surface area contributed by atoms with E-state index < -0.39 is 0 Å². The average Bonchev–Trinajstić information content (AvgIpc) is 2.37. The summed E-state index contributed by atoms with van der Waals surface area (Å²) < 4.78 is 5.07. The Balaban J connectivity index is 1.96. The third-order valence-corrected chi connectivity index (χ3v) is 3.46. The Morgan fingerprint density at radius 1 is 1.42 bits per heavy atom. The van der Waals surface area contributed by atoms with Crippen molar-refractivity contribution in [3.8, 4) is 5.75 Å². The van der Waals surface area contributed by atoms with E-state index >= 15 is 0 Å². The summed E-state index contributed by atoms with van der Waals surface area (Å²) in [6.45, 7) is 0.374. The molecule has 1 saturated carbocycles. The van der Waals surface area contributed by atoms with Crippen LogP contribution in [0.1, 0.15) is 19.3 Å². The number of hydrogen-bond acceptors (Lipinski definition) is 3. The first-order chi connectivity index (χ1) is 9.24. The average molecular weight is 264 g/mol. The highest BCUT2D eigenvalue weighted by atomic mass is 16.5. The highest BCUT2D eigenvalue weighted by molar-refractivity contribution is 5.89. The molecule has 0 aliphatic heterocycles. The van der Waals surface area contributed by atoms with Crippen molar-refractivity contribution in [1.29, 1.82) is 0 Å². The Hall–Kier alpha value is -1.75. The maximum atomic E-state index is 12.2. The van der Waals surface area contributed by atoms with Gasteiger partial charge in [0.2, 0.25) is 0 Å². The van der Waals surface area contributed by atoms with E-state index in [1.54, 1.807) is 36.3 Å². The van der Waals surface area contributed by atoms with Crippen molar-refractivity contribution in [1.82, 2.24) is 4.90 Å². The van der Waals surface area contributed by atoms with Crippen LogP contribution in [0.15, 0.2) is 24.3 Å². The molecule has 104 valence electrons. The molecule has 0 atom stereocenters. The van der Waals surface area contributed by atoms with Crippen LogP contribution in [0.5, 0.6) is 5.75 Å². The van der Waals surface area contributed by atoms with Crippen molar-refractivity contribution < 1.29 is 14.6 Å². The minimum atomic E-state index is -0.149. The molecule has 2 N–H and O–H groups in total. The number of urea groups is 1. The van der Waals surface area contributed by atoms with Gasteiger partial charge in [-0.1, -0.05) is 0 Å². The lowest BCUT2D eigenvalue weighted by Crippen LogP contribution is -2.47. The van der Waals surface area contributed by atoms with Crippen LogP contribution in [0.3, 0.4) is 0 Å². The smallest absolute Gasteiger partial charge is 0.322 e. The van der Waals surface area contributed by atoms with Gasteiger partial charge < -0.3 is 20.1 Å². The van der Waals surface area contributed by atoms with Crippen LogP contribution >= 0.6 is 0 Å². The first-order valence-corrected chi connectivity index (χ1v) is 6.57. The Labute approximate surface area is 113 Å². The van der Waals surface area contributed by atoms with E-state index in [0.717, 1.165) is 30.7 Å². The molecular formula is C14H20N2O3. The van der Waals surface area contributed by atoms with Crippen LogP contribution in [-0.4, -0.2) is 42.3 Å². The first kappa shape index (κ1) is 13.7. The zero-order chi connectivity index (χ0) is 13.7. The lowest BCUT2D eigenvalue weighted by molar-refractivity contribution is 0.127. The summed E-state index contributed by atoms with van der Waals surface area (Å²) in [4.78, 5) is 13.9. The van der Waals surface area contributed by atoms with Gasteiger partial charge in [0.15, 0.2) is 0 Å². The van der Waals surface area contributed by atoms with Gasteiger partial charge in [0, 0.05) is 18.3 Å². The van der Waals surface area contributed by atoms with E-state index in [-0.39, 0.29) is 18.7 Å². The number of aliphatic hydroxyl groups excluding tert-OH is 1. The topological polar surface area (TPSA) is 61.8 Å². The van der Waals surface area contributed by atoms with Gasteiger partial charge in [-0.25, -0.2) is 4.79 Å². The number of carbonyl (C=O) groups is 1. The van der Waals surface area contributed by atoms with Crippen LogP contribution in [0.25, 0.3) is 0 Å². The zero-order valence-electron chi connectivity index (χ0n) is 11.1. The van der Waals surface area contributed by atoms with Crippen molar-refractivity contribution in [3.63, 3.8) is 0 Å². The zero-order valence-corrected chi connectivity index (χ0v) is 11.1. The molecular weight excluding hydrogens is 244 g/mol. The van der Waals surface area contributed by atoms with Gasteiger partial charge in [0.05, 0.1) is 13.7 Å². The first-order valence-electron chi connectivity index (χ1n) is 6.57. The van der Waals surface area contributed by atoms with Crippen molar-refractivity contribution in [3.05, 3.63) is 24.3 Å². The second-order valence-electron chi connectivity index (χ2n) is 4.66. The summed E-state index contributed by atoms with van der Waals surface area (Å²) >= 11 is 0. The minimum absolute atomic E-state index is 0.00741. The molecule has 0 spiro atoms. The lowest BCUT2D eigenvalue weighted by atomic mass is 9.92. The van der Waals surface area contributed by atoms with Crippen LogP contribution < -0.4 is 10.1 Å². The molecule has 0 aromatic heterocycles. The summed E-state index contributed by atoms with van der Waals surface area (Å²) in [5, 5.41) is 11.9. The van der Waals surface area contributed by atoms with Gasteiger partial charge in [-0.15, -0.1) is 0 Å². The van der Waals surface area contributed by atoms with Crippen molar-refractivity contribution in [2.24, 2.45) is 0 Å². The van der Waals surface area contributed by atoms with E-state index in [0.29, 0.717) is 6.54 Å². The largest absolute Gasteiger partial charge is 0.497 e. The summed E-state index contributed by atoms with van der Waals surface area (Å²) in [5.41, 5.74) is 0.730. The number of rotatable bonds is 5. The molecule has 1 aromatic rings. The second-order valence-corrected chi connectivity index (χ2v) is 4.66. The van der Waals surface area contributed by atoms with Gasteiger partial charge in [-0.3, -0.25) is 0 Å². The molecule has 0 heterocycles. The van der Waals surface area contributed by atoms with Crippen molar-refractivity contribution >= 4 is 11.7 Å². The Kier molecular flexibility index (Phi) is 4.63. The molecule has 1 aliphatic rings. The summed E-state index contributed by atoms with van der Waals surface area (Å²) in [6, 6.07) is 7.32. The minimum Gasteiger partial charge on any atom is -0.497 e. The maximum absolute atomic E-state index is 12.2. The molecule has 2 rings (SSSR count). The molecule has 0 radical (unpaired) electrons. The lowest BCUT2D eigenvalue weighted by Gasteiger charge is -2.37. The fraction of sp³-hybridized carbons (Fsp3) is 0.500. The van der Waals surface area contributed by atoms with Gasteiger partial charge in [0.25, 0.3) is 0 Å². The molecule has 5 heteroatoms. The number of aliphatic hydroxyl groups is 1. The SMILES string of the molecule is COc1ccc(NC(=O)N(CCO)C2CCC2)cc1. The highest BCUT2D eigenvalue weighted by Crippen LogP contribution is 2.25. The number of benzene rings is 1. The molecule has 0 bridgehead atoms. The van der Waals surface area contributed by atoms with E-state index in [1.807, 2.05) is 0 Å². The second kappa shape index (κ2) is 6.43. The van der Waals surface area contributed by atoms with E-state index in [1.165, 1.54) is 0 Å². The standard InChI is InChI=1S/C14H20N2O3/c1-19-13-7-5-11(6-8-13)15-14(18)16(9-10-17)12-3-2-4-12/h5-8,12,17H,2-4,9-10H2,1H3,(H,15,18). The van der Waals surface area contributed by atoms with Crippen LogP contribution in [0.2, 0.25) is 0 Å². The number of nitrogens with zero attached hydrogens (tertiary/aromatic N) is 1. The molecule has 0 saturated heterocycles. The number of ether oxygens (including phenoxy) is 1. The summed E-state index contributed by atoms with van der Waals surface area (Å²) in [5.74, 6) is 0.754. The molecule has 0 unspecified atom stereocenters.